The quantitative estimate of drug-likeness (QED) is 0.0247. The molecular weight excluding hydrogens is 731 g/mol. The zero-order valence-corrected chi connectivity index (χ0v) is 38.4. The van der Waals surface area contributed by atoms with Gasteiger partial charge in [-0.3, -0.25) is 9.59 Å². The van der Waals surface area contributed by atoms with Gasteiger partial charge in [-0.25, -0.2) is 0 Å². The Balaban J connectivity index is 4.69. The minimum absolute atomic E-state index is 0.0380. The topological polar surface area (TPSA) is 95.9 Å². The predicted octanol–water partition coefficient (Wildman–Crippen LogP) is 14.4. The number of rotatable bonds is 42. The van der Waals surface area contributed by atoms with Crippen LogP contribution in [0.25, 0.3) is 0 Å². The maximum Gasteiger partial charge on any atom is 0.306 e. The third-order valence-corrected chi connectivity index (χ3v) is 10.6. The van der Waals surface area contributed by atoms with Crippen molar-refractivity contribution in [2.45, 2.75) is 232 Å². The number of hydrogen-bond acceptors (Lipinski definition) is 5. The molecule has 0 aliphatic rings. The van der Waals surface area contributed by atoms with Gasteiger partial charge in [0.25, 0.3) is 0 Å². The normalized spacial score (nSPS) is 14.1. The van der Waals surface area contributed by atoms with Crippen molar-refractivity contribution in [3.8, 4) is 0 Å². The molecule has 0 aromatic carbocycles. The van der Waals surface area contributed by atoms with E-state index < -0.39 is 18.2 Å². The van der Waals surface area contributed by atoms with Gasteiger partial charge in [-0.15, -0.1) is 0 Å². The lowest BCUT2D eigenvalue weighted by Gasteiger charge is -2.24. The summed E-state index contributed by atoms with van der Waals surface area (Å²) in [6.45, 7) is 6.20. The van der Waals surface area contributed by atoms with Crippen molar-refractivity contribution in [2.24, 2.45) is 0 Å². The van der Waals surface area contributed by atoms with Gasteiger partial charge >= 0.3 is 5.97 Å². The molecule has 0 aliphatic heterocycles. The van der Waals surface area contributed by atoms with Gasteiger partial charge in [0.2, 0.25) is 5.91 Å². The summed E-state index contributed by atoms with van der Waals surface area (Å²) in [5.74, 6) is -0.546. The average molecular weight is 822 g/mol. The van der Waals surface area contributed by atoms with Crippen LogP contribution >= 0.6 is 0 Å². The van der Waals surface area contributed by atoms with Crippen molar-refractivity contribution < 1.29 is 24.5 Å². The Labute approximate surface area is 363 Å². The van der Waals surface area contributed by atoms with Crippen molar-refractivity contribution >= 4 is 11.9 Å². The Morgan fingerprint density at radius 3 is 1.61 bits per heavy atom. The Morgan fingerprint density at radius 1 is 0.525 bits per heavy atom. The second-order valence-electron chi connectivity index (χ2n) is 16.2. The first kappa shape index (κ1) is 56.0. The summed E-state index contributed by atoms with van der Waals surface area (Å²) in [4.78, 5) is 26.1. The maximum absolute atomic E-state index is 13.2. The summed E-state index contributed by atoms with van der Waals surface area (Å²) in [6, 6.07) is -0.723. The van der Waals surface area contributed by atoms with Crippen molar-refractivity contribution in [3.05, 3.63) is 85.1 Å². The third-order valence-electron chi connectivity index (χ3n) is 10.6. The van der Waals surface area contributed by atoms with Crippen LogP contribution in [0.15, 0.2) is 85.1 Å². The second-order valence-corrected chi connectivity index (χ2v) is 16.2. The van der Waals surface area contributed by atoms with Crippen LogP contribution in [-0.2, 0) is 14.3 Å². The molecule has 6 nitrogen and oxygen atoms in total. The standard InChI is InChI=1S/C53H91NO5/c1-4-7-10-13-16-19-22-25-28-31-34-37-40-43-46-53(58)59-49(44-41-38-35-32-29-26-23-20-17-14-11-8-5-2)47-52(57)54-50(48-55)51(56)45-42-39-36-33-30-27-24-21-18-15-12-9-6-3/h7-8,10-11,14,16-17,19-20,23,25-26,28-29,49-51,55-56H,4-6,9,12-13,15,18,21-22,24,27,30-48H2,1-3H3,(H,54,57)/b10-7+,11-8+,17-14+,19-16+,23-20+,28-25+,29-26-. The Morgan fingerprint density at radius 2 is 1.00 bits per heavy atom. The number of aliphatic hydroxyl groups excluding tert-OH is 2. The minimum Gasteiger partial charge on any atom is -0.462 e. The number of esters is 1. The van der Waals surface area contributed by atoms with E-state index >= 15 is 0 Å². The first-order valence-corrected chi connectivity index (χ1v) is 24.4. The molecule has 0 saturated carbocycles. The van der Waals surface area contributed by atoms with Gasteiger partial charge in [-0.2, -0.15) is 0 Å². The number of carbonyl (C=O) groups is 2. The fourth-order valence-corrected chi connectivity index (χ4v) is 6.92. The summed E-state index contributed by atoms with van der Waals surface area (Å²) in [7, 11) is 0. The van der Waals surface area contributed by atoms with Crippen LogP contribution in [0.5, 0.6) is 0 Å². The lowest BCUT2D eigenvalue weighted by atomic mass is 10.0. The van der Waals surface area contributed by atoms with Gasteiger partial charge in [0, 0.05) is 6.42 Å². The van der Waals surface area contributed by atoms with Crippen LogP contribution in [0.2, 0.25) is 0 Å². The highest BCUT2D eigenvalue weighted by atomic mass is 16.5. The maximum atomic E-state index is 13.2. The van der Waals surface area contributed by atoms with Gasteiger partial charge < -0.3 is 20.3 Å². The summed E-state index contributed by atoms with van der Waals surface area (Å²) in [5, 5.41) is 23.7. The van der Waals surface area contributed by atoms with Crippen LogP contribution in [-0.4, -0.2) is 46.9 Å². The Hall–Kier alpha value is -2.96. The number of carbonyl (C=O) groups excluding carboxylic acids is 2. The van der Waals surface area contributed by atoms with Crippen LogP contribution in [0.4, 0.5) is 0 Å². The molecule has 0 aromatic heterocycles. The molecular formula is C53H91NO5. The number of aliphatic hydroxyl groups is 2. The second kappa shape index (κ2) is 46.1. The summed E-state index contributed by atoms with van der Waals surface area (Å²) < 4.78 is 5.89. The number of ether oxygens (including phenoxy) is 1. The predicted molar refractivity (Wildman–Crippen MR) is 254 cm³/mol. The molecule has 3 unspecified atom stereocenters. The molecule has 3 N–H and O–H groups in total. The molecule has 0 aliphatic carbocycles. The molecule has 6 heteroatoms. The molecule has 0 saturated heterocycles. The number of allylic oxidation sites excluding steroid dienone is 14. The van der Waals surface area contributed by atoms with Crippen LogP contribution in [0.3, 0.4) is 0 Å². The summed E-state index contributed by atoms with van der Waals surface area (Å²) in [6.07, 6.45) is 59.2. The molecule has 338 valence electrons. The minimum atomic E-state index is -0.806. The van der Waals surface area contributed by atoms with E-state index in [2.05, 4.69) is 80.8 Å². The first-order valence-electron chi connectivity index (χ1n) is 24.4. The fourth-order valence-electron chi connectivity index (χ4n) is 6.92. The SMILES string of the molecule is CC/C=C/C=C/C=C/C=C\CCCCCC(CC(=O)NC(CO)C(O)CCCCCCCCCCCCCCC)OC(=O)CCCCCC/C=C/C/C=C/C/C=C/CC. The van der Waals surface area contributed by atoms with Crippen molar-refractivity contribution in [3.63, 3.8) is 0 Å². The van der Waals surface area contributed by atoms with E-state index in [4.69, 9.17) is 4.74 Å². The van der Waals surface area contributed by atoms with E-state index in [1.807, 2.05) is 30.4 Å². The lowest BCUT2D eigenvalue weighted by molar-refractivity contribution is -0.151. The first-order chi connectivity index (χ1) is 29.0. The number of hydrogen-bond donors (Lipinski definition) is 3. The molecule has 59 heavy (non-hydrogen) atoms. The fraction of sp³-hybridized carbons (Fsp3) is 0.698. The van der Waals surface area contributed by atoms with Crippen LogP contribution in [0.1, 0.15) is 213 Å². The molecule has 0 fully saturated rings. The molecule has 3 atom stereocenters. The van der Waals surface area contributed by atoms with E-state index in [1.54, 1.807) is 0 Å². The highest BCUT2D eigenvalue weighted by Gasteiger charge is 2.24. The molecule has 0 heterocycles. The number of amides is 1. The van der Waals surface area contributed by atoms with Crippen molar-refractivity contribution in [1.82, 2.24) is 5.32 Å². The van der Waals surface area contributed by atoms with E-state index in [-0.39, 0.29) is 24.9 Å². The Kier molecular flexibility index (Phi) is 43.8. The van der Waals surface area contributed by atoms with Crippen molar-refractivity contribution in [2.75, 3.05) is 6.61 Å². The number of unbranched alkanes of at least 4 members (excludes halogenated alkanes) is 19. The van der Waals surface area contributed by atoms with Crippen molar-refractivity contribution in [1.29, 1.82) is 0 Å². The Bertz CT molecular complexity index is 1150. The highest BCUT2D eigenvalue weighted by molar-refractivity contribution is 5.77. The van der Waals surface area contributed by atoms with E-state index in [0.717, 1.165) is 103 Å². The van der Waals surface area contributed by atoms with E-state index in [1.165, 1.54) is 64.2 Å². The third kappa shape index (κ3) is 41.6. The molecule has 0 aromatic rings. The van der Waals surface area contributed by atoms with E-state index in [9.17, 15) is 19.8 Å². The molecule has 0 bridgehead atoms. The highest BCUT2D eigenvalue weighted by Crippen LogP contribution is 2.17. The van der Waals surface area contributed by atoms with Gasteiger partial charge in [0.05, 0.1) is 25.2 Å². The molecule has 1 amide bonds. The van der Waals surface area contributed by atoms with Gasteiger partial charge in [-0.05, 0) is 77.0 Å². The van der Waals surface area contributed by atoms with Gasteiger partial charge in [-0.1, -0.05) is 209 Å². The zero-order chi connectivity index (χ0) is 43.1. The molecule has 0 rings (SSSR count). The average Bonchev–Trinajstić information content (AvgIpc) is 3.23. The molecule has 0 radical (unpaired) electrons. The lowest BCUT2D eigenvalue weighted by Crippen LogP contribution is -2.46. The number of nitrogens with one attached hydrogen (secondary N) is 1. The van der Waals surface area contributed by atoms with Gasteiger partial charge in [0.1, 0.15) is 6.10 Å². The summed E-state index contributed by atoms with van der Waals surface area (Å²) in [5.41, 5.74) is 0. The zero-order valence-electron chi connectivity index (χ0n) is 38.4. The largest absolute Gasteiger partial charge is 0.462 e. The molecule has 0 spiro atoms. The van der Waals surface area contributed by atoms with Gasteiger partial charge in [0.15, 0.2) is 0 Å². The van der Waals surface area contributed by atoms with Crippen LogP contribution in [0, 0.1) is 0 Å². The monoisotopic (exact) mass is 822 g/mol. The smallest absolute Gasteiger partial charge is 0.306 e. The van der Waals surface area contributed by atoms with Crippen LogP contribution < -0.4 is 5.32 Å². The summed E-state index contributed by atoms with van der Waals surface area (Å²) >= 11 is 0. The van der Waals surface area contributed by atoms with E-state index in [0.29, 0.717) is 19.3 Å².